The van der Waals surface area contributed by atoms with E-state index in [0.717, 1.165) is 0 Å². The summed E-state index contributed by atoms with van der Waals surface area (Å²) < 4.78 is 0. The third kappa shape index (κ3) is 5.01. The molecule has 0 unspecified atom stereocenters. The standard InChI is InChI=1S/C12H17N3O2/c1-12(2,3)13-11(17)15-14-10(16)9-7-5-4-6-8-9/h4-8H,1-3H3,(H,14,16)(H2,13,15,17). The van der Waals surface area contributed by atoms with Gasteiger partial charge in [-0.05, 0) is 32.9 Å². The molecular formula is C12H17N3O2. The van der Waals surface area contributed by atoms with Crippen molar-refractivity contribution in [1.82, 2.24) is 16.2 Å². The number of amides is 3. The predicted molar refractivity (Wildman–Crippen MR) is 65.3 cm³/mol. The van der Waals surface area contributed by atoms with Gasteiger partial charge in [0, 0.05) is 11.1 Å². The average molecular weight is 235 g/mol. The fourth-order valence-corrected chi connectivity index (χ4v) is 1.15. The molecular weight excluding hydrogens is 218 g/mol. The number of hydrazine groups is 1. The smallest absolute Gasteiger partial charge is 0.332 e. The Balaban J connectivity index is 2.42. The maximum atomic E-state index is 11.6. The maximum Gasteiger partial charge on any atom is 0.333 e. The highest BCUT2D eigenvalue weighted by Crippen LogP contribution is 1.98. The topological polar surface area (TPSA) is 70.2 Å². The Morgan fingerprint density at radius 1 is 1.00 bits per heavy atom. The molecule has 0 aliphatic carbocycles. The van der Waals surface area contributed by atoms with Crippen LogP contribution in [0.2, 0.25) is 0 Å². The van der Waals surface area contributed by atoms with E-state index in [9.17, 15) is 9.59 Å². The lowest BCUT2D eigenvalue weighted by Crippen LogP contribution is -2.52. The first-order valence-electron chi connectivity index (χ1n) is 5.32. The van der Waals surface area contributed by atoms with Gasteiger partial charge in [0.1, 0.15) is 0 Å². The van der Waals surface area contributed by atoms with Crippen molar-refractivity contribution in [1.29, 1.82) is 0 Å². The minimum Gasteiger partial charge on any atom is -0.332 e. The second kappa shape index (κ2) is 5.34. The van der Waals surface area contributed by atoms with Crippen LogP contribution >= 0.6 is 0 Å². The number of hydrogen-bond donors (Lipinski definition) is 3. The van der Waals surface area contributed by atoms with Crippen LogP contribution in [0, 0.1) is 0 Å². The zero-order valence-electron chi connectivity index (χ0n) is 10.2. The van der Waals surface area contributed by atoms with Gasteiger partial charge in [0.05, 0.1) is 0 Å². The summed E-state index contributed by atoms with van der Waals surface area (Å²) in [5, 5.41) is 2.66. The molecule has 1 aromatic carbocycles. The summed E-state index contributed by atoms with van der Waals surface area (Å²) in [4.78, 5) is 22.9. The van der Waals surface area contributed by atoms with Crippen LogP contribution in [0.4, 0.5) is 4.79 Å². The average Bonchev–Trinajstić information content (AvgIpc) is 2.25. The van der Waals surface area contributed by atoms with Crippen molar-refractivity contribution in [2.24, 2.45) is 0 Å². The number of hydrogen-bond acceptors (Lipinski definition) is 2. The SMILES string of the molecule is CC(C)(C)NC(=O)NNC(=O)c1ccccc1. The molecule has 3 amide bonds. The molecule has 0 spiro atoms. The second-order valence-corrected chi connectivity index (χ2v) is 4.65. The van der Waals surface area contributed by atoms with E-state index >= 15 is 0 Å². The summed E-state index contributed by atoms with van der Waals surface area (Å²) in [5.41, 5.74) is 4.75. The molecule has 0 atom stereocenters. The van der Waals surface area contributed by atoms with Gasteiger partial charge < -0.3 is 5.32 Å². The lowest BCUT2D eigenvalue weighted by atomic mass is 10.1. The first-order valence-corrected chi connectivity index (χ1v) is 5.32. The van der Waals surface area contributed by atoms with Gasteiger partial charge in [0.2, 0.25) is 0 Å². The summed E-state index contributed by atoms with van der Waals surface area (Å²) >= 11 is 0. The highest BCUT2D eigenvalue weighted by Gasteiger charge is 2.13. The summed E-state index contributed by atoms with van der Waals surface area (Å²) in [6.45, 7) is 5.56. The summed E-state index contributed by atoms with van der Waals surface area (Å²) in [6.07, 6.45) is 0. The Morgan fingerprint density at radius 2 is 1.59 bits per heavy atom. The summed E-state index contributed by atoms with van der Waals surface area (Å²) in [5.74, 6) is -0.352. The quantitative estimate of drug-likeness (QED) is 0.644. The normalized spacial score (nSPS) is 10.5. The lowest BCUT2D eigenvalue weighted by Gasteiger charge is -2.20. The molecule has 0 aliphatic heterocycles. The van der Waals surface area contributed by atoms with Gasteiger partial charge in [-0.25, -0.2) is 10.2 Å². The fraction of sp³-hybridized carbons (Fsp3) is 0.333. The highest BCUT2D eigenvalue weighted by molar-refractivity contribution is 5.95. The minimum absolute atomic E-state index is 0.346. The van der Waals surface area contributed by atoms with Crippen LogP contribution in [0.3, 0.4) is 0 Å². The molecule has 0 saturated heterocycles. The molecule has 0 aliphatic rings. The fourth-order valence-electron chi connectivity index (χ4n) is 1.15. The molecule has 1 aromatic rings. The van der Waals surface area contributed by atoms with E-state index in [2.05, 4.69) is 16.2 Å². The van der Waals surface area contributed by atoms with Crippen LogP contribution in [-0.2, 0) is 0 Å². The number of benzene rings is 1. The van der Waals surface area contributed by atoms with Crippen LogP contribution in [0.25, 0.3) is 0 Å². The Bertz CT molecular complexity index is 396. The zero-order valence-corrected chi connectivity index (χ0v) is 10.2. The van der Waals surface area contributed by atoms with Crippen molar-refractivity contribution in [2.75, 3.05) is 0 Å². The van der Waals surface area contributed by atoms with Crippen LogP contribution in [0.1, 0.15) is 31.1 Å². The predicted octanol–water partition coefficient (Wildman–Crippen LogP) is 1.43. The zero-order chi connectivity index (χ0) is 12.9. The number of urea groups is 1. The third-order valence-electron chi connectivity index (χ3n) is 1.81. The third-order valence-corrected chi connectivity index (χ3v) is 1.81. The Hall–Kier alpha value is -2.04. The van der Waals surface area contributed by atoms with Crippen molar-refractivity contribution in [3.63, 3.8) is 0 Å². The first kappa shape index (κ1) is 13.0. The van der Waals surface area contributed by atoms with Crippen LogP contribution < -0.4 is 16.2 Å². The summed E-state index contributed by atoms with van der Waals surface area (Å²) in [6, 6.07) is 8.21. The summed E-state index contributed by atoms with van der Waals surface area (Å²) in [7, 11) is 0. The molecule has 0 fully saturated rings. The van der Waals surface area contributed by atoms with Crippen molar-refractivity contribution < 1.29 is 9.59 Å². The van der Waals surface area contributed by atoms with Gasteiger partial charge >= 0.3 is 6.03 Å². The van der Waals surface area contributed by atoms with Crippen LogP contribution in [0.15, 0.2) is 30.3 Å². The van der Waals surface area contributed by atoms with E-state index in [4.69, 9.17) is 0 Å². The van der Waals surface area contributed by atoms with E-state index in [0.29, 0.717) is 5.56 Å². The molecule has 1 rings (SSSR count). The van der Waals surface area contributed by atoms with E-state index in [1.807, 2.05) is 26.8 Å². The van der Waals surface area contributed by atoms with Gasteiger partial charge in [-0.2, -0.15) is 0 Å². The molecule has 5 nitrogen and oxygen atoms in total. The van der Waals surface area contributed by atoms with Gasteiger partial charge in [-0.1, -0.05) is 18.2 Å². The van der Waals surface area contributed by atoms with Gasteiger partial charge in [0.25, 0.3) is 5.91 Å². The van der Waals surface area contributed by atoms with Crippen LogP contribution in [0.5, 0.6) is 0 Å². The van der Waals surface area contributed by atoms with E-state index in [-0.39, 0.29) is 11.4 Å². The lowest BCUT2D eigenvalue weighted by molar-refractivity contribution is 0.0935. The highest BCUT2D eigenvalue weighted by atomic mass is 16.2. The van der Waals surface area contributed by atoms with Crippen LogP contribution in [-0.4, -0.2) is 17.5 Å². The largest absolute Gasteiger partial charge is 0.333 e. The molecule has 3 N–H and O–H groups in total. The second-order valence-electron chi connectivity index (χ2n) is 4.65. The van der Waals surface area contributed by atoms with Crippen molar-refractivity contribution in [3.8, 4) is 0 Å². The monoisotopic (exact) mass is 235 g/mol. The first-order chi connectivity index (χ1) is 7.88. The van der Waals surface area contributed by atoms with Gasteiger partial charge in [0.15, 0.2) is 0 Å². The van der Waals surface area contributed by atoms with Crippen molar-refractivity contribution >= 4 is 11.9 Å². The van der Waals surface area contributed by atoms with E-state index in [1.54, 1.807) is 24.3 Å². The van der Waals surface area contributed by atoms with Crippen molar-refractivity contribution in [2.45, 2.75) is 26.3 Å². The number of carbonyl (C=O) groups excluding carboxylic acids is 2. The van der Waals surface area contributed by atoms with Crippen molar-refractivity contribution in [3.05, 3.63) is 35.9 Å². The molecule has 17 heavy (non-hydrogen) atoms. The molecule has 92 valence electrons. The number of rotatable bonds is 1. The Morgan fingerprint density at radius 3 is 2.12 bits per heavy atom. The van der Waals surface area contributed by atoms with E-state index in [1.165, 1.54) is 0 Å². The molecule has 0 bridgehead atoms. The molecule has 0 saturated carbocycles. The van der Waals surface area contributed by atoms with E-state index < -0.39 is 6.03 Å². The maximum absolute atomic E-state index is 11.6. The molecule has 5 heteroatoms. The molecule has 0 radical (unpaired) electrons. The van der Waals surface area contributed by atoms with Gasteiger partial charge in [-0.3, -0.25) is 10.2 Å². The number of nitrogens with one attached hydrogen (secondary N) is 3. The minimum atomic E-state index is -0.443. The Labute approximate surface area is 101 Å². The van der Waals surface area contributed by atoms with Gasteiger partial charge in [-0.15, -0.1) is 0 Å². The Kier molecular flexibility index (Phi) is 4.09. The number of carbonyl (C=O) groups is 2. The molecule has 0 aromatic heterocycles. The molecule has 0 heterocycles.